The van der Waals surface area contributed by atoms with Gasteiger partial charge in [0.05, 0.1) is 12.6 Å². The van der Waals surface area contributed by atoms with E-state index in [0.717, 1.165) is 46.3 Å². The first-order valence-corrected chi connectivity index (χ1v) is 9.80. The van der Waals surface area contributed by atoms with Gasteiger partial charge < -0.3 is 15.7 Å². The van der Waals surface area contributed by atoms with E-state index in [1.807, 2.05) is 50.2 Å². The van der Waals surface area contributed by atoms with Gasteiger partial charge >= 0.3 is 6.03 Å². The monoisotopic (exact) mass is 391 g/mol. The summed E-state index contributed by atoms with van der Waals surface area (Å²) >= 11 is 0. The number of nitrogens with two attached hydrogens (primary N) is 1. The minimum Gasteiger partial charge on any atom is -0.371 e. The normalized spacial score (nSPS) is 21.3. The Morgan fingerprint density at radius 3 is 2.59 bits per heavy atom. The van der Waals surface area contributed by atoms with Crippen LogP contribution in [-0.2, 0) is 11.2 Å². The first-order valence-electron chi connectivity index (χ1n) is 9.80. The molecular weight excluding hydrogens is 366 g/mol. The number of aliphatic hydroxyl groups is 1. The Bertz CT molecular complexity index is 994. The van der Waals surface area contributed by atoms with E-state index in [1.54, 1.807) is 11.0 Å². The predicted octanol–water partition coefficient (Wildman–Crippen LogP) is 3.05. The van der Waals surface area contributed by atoms with Gasteiger partial charge in [0.1, 0.15) is 0 Å². The second-order valence-electron chi connectivity index (χ2n) is 7.88. The standard InChI is InChI=1S/C23H25N3O3/c1-14-9-15(2)11-18(10-14)26-22(28)13-25(23(26)29)20-7-5-17-12-16(3-6-19(17)20)4-8-21(24)27/h3-4,6,8-12,20,22,28H,5,7,13H2,1-2H3,(H2,24,27)/b8-4+. The minimum atomic E-state index is -0.870. The zero-order valence-corrected chi connectivity index (χ0v) is 16.6. The third-order valence-electron chi connectivity index (χ3n) is 5.62. The fourth-order valence-corrected chi connectivity index (χ4v) is 4.46. The second kappa shape index (κ2) is 7.37. The number of aliphatic hydroxyl groups excluding tert-OH is 1. The smallest absolute Gasteiger partial charge is 0.327 e. The molecule has 0 bridgehead atoms. The van der Waals surface area contributed by atoms with E-state index in [2.05, 4.69) is 0 Å². The summed E-state index contributed by atoms with van der Waals surface area (Å²) in [6.45, 7) is 4.25. The number of benzene rings is 2. The number of urea groups is 1. The number of fused-ring (bicyclic) bond motifs is 1. The Kier molecular flexibility index (Phi) is 4.88. The van der Waals surface area contributed by atoms with Crippen molar-refractivity contribution in [3.8, 4) is 0 Å². The van der Waals surface area contributed by atoms with Gasteiger partial charge in [-0.3, -0.25) is 9.69 Å². The van der Waals surface area contributed by atoms with E-state index in [4.69, 9.17) is 5.73 Å². The van der Waals surface area contributed by atoms with Crippen molar-refractivity contribution < 1.29 is 14.7 Å². The molecule has 6 nitrogen and oxygen atoms in total. The van der Waals surface area contributed by atoms with Gasteiger partial charge in [-0.05, 0) is 72.7 Å². The highest BCUT2D eigenvalue weighted by molar-refractivity contribution is 5.95. The van der Waals surface area contributed by atoms with Gasteiger partial charge in [-0.2, -0.15) is 0 Å². The highest BCUT2D eigenvalue weighted by Gasteiger charge is 2.42. The molecule has 2 unspecified atom stereocenters. The van der Waals surface area contributed by atoms with Crippen LogP contribution >= 0.6 is 0 Å². The lowest BCUT2D eigenvalue weighted by atomic mass is 10.0. The summed E-state index contributed by atoms with van der Waals surface area (Å²) in [6, 6.07) is 11.6. The molecule has 2 aliphatic rings. The predicted molar refractivity (Wildman–Crippen MR) is 112 cm³/mol. The Hall–Kier alpha value is -3.12. The Morgan fingerprint density at radius 2 is 1.90 bits per heavy atom. The van der Waals surface area contributed by atoms with Gasteiger partial charge in [-0.15, -0.1) is 0 Å². The number of β-amino-alcohol motifs (C(OH)–C–C–N with tert-alkyl or cyclic N) is 1. The number of carbonyl (C=O) groups excluding carboxylic acids is 2. The van der Waals surface area contributed by atoms with E-state index in [9.17, 15) is 14.7 Å². The number of anilines is 1. The highest BCUT2D eigenvalue weighted by atomic mass is 16.3. The van der Waals surface area contributed by atoms with E-state index < -0.39 is 12.1 Å². The van der Waals surface area contributed by atoms with Crippen LogP contribution in [0.2, 0.25) is 0 Å². The fraction of sp³-hybridized carbons (Fsp3) is 0.304. The maximum Gasteiger partial charge on any atom is 0.327 e. The van der Waals surface area contributed by atoms with Crippen LogP contribution in [0.5, 0.6) is 0 Å². The Morgan fingerprint density at radius 1 is 1.17 bits per heavy atom. The summed E-state index contributed by atoms with van der Waals surface area (Å²) in [5.41, 5.74) is 11.2. The van der Waals surface area contributed by atoms with E-state index in [0.29, 0.717) is 0 Å². The van der Waals surface area contributed by atoms with Crippen molar-refractivity contribution in [2.75, 3.05) is 11.4 Å². The summed E-state index contributed by atoms with van der Waals surface area (Å²) in [4.78, 5) is 27.4. The van der Waals surface area contributed by atoms with Gasteiger partial charge in [-0.25, -0.2) is 4.79 Å². The van der Waals surface area contributed by atoms with Crippen LogP contribution < -0.4 is 10.6 Å². The van der Waals surface area contributed by atoms with Crippen molar-refractivity contribution in [1.82, 2.24) is 4.90 Å². The fourth-order valence-electron chi connectivity index (χ4n) is 4.46. The molecule has 6 heteroatoms. The SMILES string of the molecule is Cc1cc(C)cc(N2C(=O)N(C3CCc4cc(/C=C/C(N)=O)ccc43)CC2O)c1. The lowest BCUT2D eigenvalue weighted by Gasteiger charge is -2.25. The maximum absolute atomic E-state index is 13.2. The third-order valence-corrected chi connectivity index (χ3v) is 5.62. The van der Waals surface area contributed by atoms with Gasteiger partial charge in [-0.1, -0.05) is 24.3 Å². The molecule has 1 heterocycles. The van der Waals surface area contributed by atoms with Crippen molar-refractivity contribution in [3.05, 3.63) is 70.3 Å². The first-order chi connectivity index (χ1) is 13.8. The number of hydrogen-bond acceptors (Lipinski definition) is 3. The summed E-state index contributed by atoms with van der Waals surface area (Å²) in [6.07, 6.45) is 3.84. The average molecular weight is 391 g/mol. The topological polar surface area (TPSA) is 86.9 Å². The quantitative estimate of drug-likeness (QED) is 0.786. The molecule has 1 aliphatic heterocycles. The number of rotatable bonds is 4. The highest BCUT2D eigenvalue weighted by Crippen LogP contribution is 2.40. The molecule has 0 aromatic heterocycles. The molecule has 2 aromatic rings. The van der Waals surface area contributed by atoms with Crippen molar-refractivity contribution in [2.45, 2.75) is 39.0 Å². The summed E-state index contributed by atoms with van der Waals surface area (Å²) in [7, 11) is 0. The number of carbonyl (C=O) groups is 2. The van der Waals surface area contributed by atoms with E-state index in [1.165, 1.54) is 11.0 Å². The average Bonchev–Trinajstić information content (AvgIpc) is 3.19. The van der Waals surface area contributed by atoms with Crippen LogP contribution in [0.25, 0.3) is 6.08 Å². The molecular formula is C23H25N3O3. The summed E-state index contributed by atoms with van der Waals surface area (Å²) < 4.78 is 0. The molecule has 3 N–H and O–H groups in total. The lowest BCUT2D eigenvalue weighted by molar-refractivity contribution is -0.113. The molecule has 150 valence electrons. The molecule has 29 heavy (non-hydrogen) atoms. The number of amides is 3. The minimum absolute atomic E-state index is 0.0581. The molecule has 0 spiro atoms. The van der Waals surface area contributed by atoms with E-state index in [-0.39, 0.29) is 18.6 Å². The summed E-state index contributed by atoms with van der Waals surface area (Å²) in [5, 5.41) is 10.6. The van der Waals surface area contributed by atoms with Crippen LogP contribution in [0.15, 0.2) is 42.5 Å². The molecule has 0 radical (unpaired) electrons. The number of nitrogens with zero attached hydrogens (tertiary/aromatic N) is 2. The van der Waals surface area contributed by atoms with Gasteiger partial charge in [0.2, 0.25) is 5.91 Å². The molecule has 2 aromatic carbocycles. The number of hydrogen-bond donors (Lipinski definition) is 2. The van der Waals surface area contributed by atoms with Gasteiger partial charge in [0.15, 0.2) is 6.23 Å². The number of primary amides is 1. The first kappa shape index (κ1) is 19.2. The van der Waals surface area contributed by atoms with Gasteiger partial charge in [0, 0.05) is 11.8 Å². The van der Waals surface area contributed by atoms with Gasteiger partial charge in [0.25, 0.3) is 0 Å². The maximum atomic E-state index is 13.2. The van der Waals surface area contributed by atoms with Crippen LogP contribution in [0.3, 0.4) is 0 Å². The van der Waals surface area contributed by atoms with Crippen LogP contribution in [0.1, 0.15) is 40.3 Å². The molecule has 1 aliphatic carbocycles. The molecule has 2 atom stereocenters. The second-order valence-corrected chi connectivity index (χ2v) is 7.88. The Balaban J connectivity index is 1.59. The zero-order valence-electron chi connectivity index (χ0n) is 16.6. The van der Waals surface area contributed by atoms with Crippen LogP contribution in [0.4, 0.5) is 10.5 Å². The molecule has 0 saturated carbocycles. The molecule has 1 fully saturated rings. The molecule has 3 amide bonds. The van der Waals surface area contributed by atoms with Crippen LogP contribution in [-0.4, -0.2) is 34.7 Å². The third kappa shape index (κ3) is 3.63. The van der Waals surface area contributed by atoms with Crippen molar-refractivity contribution >= 4 is 23.7 Å². The van der Waals surface area contributed by atoms with Crippen molar-refractivity contribution in [1.29, 1.82) is 0 Å². The number of aryl methyl sites for hydroxylation is 3. The Labute approximate surface area is 170 Å². The summed E-state index contributed by atoms with van der Waals surface area (Å²) in [5.74, 6) is -0.480. The molecule has 4 rings (SSSR count). The van der Waals surface area contributed by atoms with Crippen LogP contribution in [0, 0.1) is 13.8 Å². The van der Waals surface area contributed by atoms with Crippen molar-refractivity contribution in [3.63, 3.8) is 0 Å². The zero-order chi connectivity index (χ0) is 20.7. The van der Waals surface area contributed by atoms with E-state index >= 15 is 0 Å². The largest absolute Gasteiger partial charge is 0.371 e. The molecule has 1 saturated heterocycles. The van der Waals surface area contributed by atoms with Crippen molar-refractivity contribution in [2.24, 2.45) is 5.73 Å². The lowest BCUT2D eigenvalue weighted by Crippen LogP contribution is -2.35.